The summed E-state index contributed by atoms with van der Waals surface area (Å²) in [5.41, 5.74) is 1.77. The van der Waals surface area contributed by atoms with E-state index in [2.05, 4.69) is 20.2 Å². The molecule has 1 aliphatic carbocycles. The van der Waals surface area contributed by atoms with Crippen LogP contribution >= 0.6 is 11.3 Å². The summed E-state index contributed by atoms with van der Waals surface area (Å²) in [5.74, 6) is 0.199. The van der Waals surface area contributed by atoms with Gasteiger partial charge in [-0.3, -0.25) is 19.5 Å². The number of carbonyl (C=O) groups excluding carboxylic acids is 2. The van der Waals surface area contributed by atoms with Crippen LogP contribution in [0, 0.1) is 0 Å². The van der Waals surface area contributed by atoms with Crippen molar-refractivity contribution in [3.8, 4) is 10.6 Å². The number of hydrogen-bond acceptors (Lipinski definition) is 6. The number of thiazole rings is 1. The SMILES string of the molecule is CC(C(=O)NC1CC1)N1CCN(C(=O)Cc2csc(-c3cccnc3)n2)CC1. The fraction of sp³-hybridized carbons (Fsp3) is 0.500. The van der Waals surface area contributed by atoms with Crippen LogP contribution in [0.3, 0.4) is 0 Å². The van der Waals surface area contributed by atoms with E-state index in [0.717, 1.165) is 42.2 Å². The Balaban J connectivity index is 1.27. The van der Waals surface area contributed by atoms with Gasteiger partial charge >= 0.3 is 0 Å². The van der Waals surface area contributed by atoms with Crippen molar-refractivity contribution in [1.29, 1.82) is 0 Å². The van der Waals surface area contributed by atoms with Crippen molar-refractivity contribution in [1.82, 2.24) is 25.1 Å². The first kappa shape index (κ1) is 19.0. The van der Waals surface area contributed by atoms with Gasteiger partial charge in [0, 0.05) is 55.6 Å². The summed E-state index contributed by atoms with van der Waals surface area (Å²) < 4.78 is 0. The number of aromatic nitrogens is 2. The molecule has 4 rings (SSSR count). The zero-order chi connectivity index (χ0) is 19.5. The van der Waals surface area contributed by atoms with E-state index in [4.69, 9.17) is 0 Å². The van der Waals surface area contributed by atoms with Crippen molar-refractivity contribution in [3.63, 3.8) is 0 Å². The van der Waals surface area contributed by atoms with Crippen LogP contribution in [0.25, 0.3) is 10.6 Å². The van der Waals surface area contributed by atoms with Crippen LogP contribution in [-0.2, 0) is 16.0 Å². The van der Waals surface area contributed by atoms with Crippen LogP contribution in [0.4, 0.5) is 0 Å². The maximum absolute atomic E-state index is 12.7. The number of amides is 2. The Labute approximate surface area is 168 Å². The number of hydrogen-bond donors (Lipinski definition) is 1. The Hall–Kier alpha value is -2.32. The third-order valence-electron chi connectivity index (χ3n) is 5.31. The Kier molecular flexibility index (Phi) is 5.68. The molecule has 7 nitrogen and oxygen atoms in total. The average molecular weight is 400 g/mol. The molecule has 2 aliphatic rings. The van der Waals surface area contributed by atoms with Gasteiger partial charge in [0.15, 0.2) is 0 Å². The molecule has 2 aromatic heterocycles. The normalized spacial score (nSPS) is 18.7. The molecular formula is C20H25N5O2S. The quantitative estimate of drug-likeness (QED) is 0.798. The van der Waals surface area contributed by atoms with Crippen molar-refractivity contribution in [2.24, 2.45) is 0 Å². The van der Waals surface area contributed by atoms with Crippen molar-refractivity contribution >= 4 is 23.2 Å². The lowest BCUT2D eigenvalue weighted by Gasteiger charge is -2.37. The van der Waals surface area contributed by atoms with E-state index in [1.807, 2.05) is 29.3 Å². The second-order valence-electron chi connectivity index (χ2n) is 7.44. The van der Waals surface area contributed by atoms with Crippen LogP contribution in [0.1, 0.15) is 25.5 Å². The average Bonchev–Trinajstić information content (AvgIpc) is 3.42. The number of nitrogens with one attached hydrogen (secondary N) is 1. The van der Waals surface area contributed by atoms with Crippen molar-refractivity contribution in [2.45, 2.75) is 38.3 Å². The summed E-state index contributed by atoms with van der Waals surface area (Å²) in [5, 5.41) is 5.89. The molecule has 0 spiro atoms. The van der Waals surface area contributed by atoms with E-state index in [1.54, 1.807) is 12.4 Å². The molecule has 148 valence electrons. The Bertz CT molecular complexity index is 828. The lowest BCUT2D eigenvalue weighted by Crippen LogP contribution is -2.55. The molecular weight excluding hydrogens is 374 g/mol. The Morgan fingerprint density at radius 2 is 2.07 bits per heavy atom. The van der Waals surface area contributed by atoms with E-state index in [9.17, 15) is 9.59 Å². The van der Waals surface area contributed by atoms with Gasteiger partial charge in [-0.25, -0.2) is 4.98 Å². The van der Waals surface area contributed by atoms with E-state index >= 15 is 0 Å². The molecule has 1 unspecified atom stereocenters. The van der Waals surface area contributed by atoms with Crippen molar-refractivity contribution in [3.05, 3.63) is 35.6 Å². The maximum atomic E-state index is 12.7. The first-order chi connectivity index (χ1) is 13.6. The highest BCUT2D eigenvalue weighted by molar-refractivity contribution is 7.13. The van der Waals surface area contributed by atoms with Crippen LogP contribution in [0.15, 0.2) is 29.9 Å². The summed E-state index contributed by atoms with van der Waals surface area (Å²) in [6.45, 7) is 4.70. The molecule has 28 heavy (non-hydrogen) atoms. The molecule has 2 aromatic rings. The zero-order valence-electron chi connectivity index (χ0n) is 16.0. The highest BCUT2D eigenvalue weighted by Crippen LogP contribution is 2.23. The monoisotopic (exact) mass is 399 g/mol. The van der Waals surface area contributed by atoms with E-state index in [1.165, 1.54) is 11.3 Å². The van der Waals surface area contributed by atoms with E-state index in [0.29, 0.717) is 25.6 Å². The smallest absolute Gasteiger partial charge is 0.237 e. The van der Waals surface area contributed by atoms with Gasteiger partial charge in [0.2, 0.25) is 11.8 Å². The third kappa shape index (κ3) is 4.56. The number of pyridine rings is 1. The van der Waals surface area contributed by atoms with Gasteiger partial charge in [0.25, 0.3) is 0 Å². The van der Waals surface area contributed by atoms with Crippen molar-refractivity contribution in [2.75, 3.05) is 26.2 Å². The van der Waals surface area contributed by atoms with E-state index < -0.39 is 0 Å². The van der Waals surface area contributed by atoms with Gasteiger partial charge in [-0.2, -0.15) is 0 Å². The molecule has 2 fully saturated rings. The minimum Gasteiger partial charge on any atom is -0.352 e. The fourth-order valence-corrected chi connectivity index (χ4v) is 4.16. The fourth-order valence-electron chi connectivity index (χ4n) is 3.35. The summed E-state index contributed by atoms with van der Waals surface area (Å²) in [7, 11) is 0. The van der Waals surface area contributed by atoms with Gasteiger partial charge in [-0.1, -0.05) is 0 Å². The minimum absolute atomic E-state index is 0.0952. The predicted molar refractivity (Wildman–Crippen MR) is 108 cm³/mol. The molecule has 0 bridgehead atoms. The third-order valence-corrected chi connectivity index (χ3v) is 6.25. The zero-order valence-corrected chi connectivity index (χ0v) is 16.8. The van der Waals surface area contributed by atoms with Crippen molar-refractivity contribution < 1.29 is 9.59 Å². The summed E-state index contributed by atoms with van der Waals surface area (Å²) in [6.07, 6.45) is 6.02. The molecule has 3 heterocycles. The maximum Gasteiger partial charge on any atom is 0.237 e. The molecule has 1 N–H and O–H groups in total. The van der Waals surface area contributed by atoms with Crippen LogP contribution < -0.4 is 5.32 Å². The minimum atomic E-state index is -0.140. The second kappa shape index (κ2) is 8.36. The van der Waals surface area contributed by atoms with Crippen LogP contribution in [0.2, 0.25) is 0 Å². The largest absolute Gasteiger partial charge is 0.352 e. The molecule has 0 radical (unpaired) electrons. The standard InChI is InChI=1S/C20H25N5O2S/c1-14(19(27)22-16-4-5-16)24-7-9-25(10-8-24)18(26)11-17-13-28-20(23-17)15-3-2-6-21-12-15/h2-3,6,12-14,16H,4-5,7-11H2,1H3,(H,22,27). The molecule has 1 saturated carbocycles. The summed E-state index contributed by atoms with van der Waals surface area (Å²) in [4.78, 5) is 37.6. The van der Waals surface area contributed by atoms with Gasteiger partial charge in [-0.05, 0) is 31.9 Å². The number of piperazine rings is 1. The summed E-state index contributed by atoms with van der Waals surface area (Å²) in [6, 6.07) is 4.09. The van der Waals surface area contributed by atoms with E-state index in [-0.39, 0.29) is 17.9 Å². The Morgan fingerprint density at radius 3 is 2.75 bits per heavy atom. The first-order valence-electron chi connectivity index (χ1n) is 9.77. The second-order valence-corrected chi connectivity index (χ2v) is 8.30. The van der Waals surface area contributed by atoms with Crippen LogP contribution in [0.5, 0.6) is 0 Å². The predicted octanol–water partition coefficient (Wildman–Crippen LogP) is 1.56. The van der Waals surface area contributed by atoms with Gasteiger partial charge in [-0.15, -0.1) is 11.3 Å². The number of carbonyl (C=O) groups is 2. The molecule has 1 aliphatic heterocycles. The highest BCUT2D eigenvalue weighted by atomic mass is 32.1. The topological polar surface area (TPSA) is 78.4 Å². The number of rotatable bonds is 6. The molecule has 0 aromatic carbocycles. The number of nitrogens with zero attached hydrogens (tertiary/aromatic N) is 4. The molecule has 1 atom stereocenters. The highest BCUT2D eigenvalue weighted by Gasteiger charge is 2.30. The first-order valence-corrected chi connectivity index (χ1v) is 10.6. The molecule has 1 saturated heterocycles. The lowest BCUT2D eigenvalue weighted by molar-refractivity contribution is -0.133. The Morgan fingerprint density at radius 1 is 1.29 bits per heavy atom. The van der Waals surface area contributed by atoms with Gasteiger partial charge in [0.1, 0.15) is 5.01 Å². The van der Waals surface area contributed by atoms with Crippen LogP contribution in [-0.4, -0.2) is 69.8 Å². The van der Waals surface area contributed by atoms with Gasteiger partial charge < -0.3 is 10.2 Å². The van der Waals surface area contributed by atoms with Gasteiger partial charge in [0.05, 0.1) is 18.2 Å². The lowest BCUT2D eigenvalue weighted by atomic mass is 10.2. The summed E-state index contributed by atoms with van der Waals surface area (Å²) >= 11 is 1.53. The molecule has 8 heteroatoms. The molecule has 2 amide bonds.